The first-order valence-electron chi connectivity index (χ1n) is 9.22. The molecule has 1 aromatic carbocycles. The highest BCUT2D eigenvalue weighted by molar-refractivity contribution is 6.23. The number of ether oxygens (including phenoxy) is 1. The van der Waals surface area contributed by atoms with Gasteiger partial charge in [-0.05, 0) is 61.9 Å². The van der Waals surface area contributed by atoms with Gasteiger partial charge in [-0.2, -0.15) is 0 Å². The third kappa shape index (κ3) is 4.76. The number of aryl methyl sites for hydroxylation is 2. The number of carbonyl (C=O) groups excluding carboxylic acids is 2. The fourth-order valence-electron chi connectivity index (χ4n) is 3.66. The number of benzene rings is 1. The largest absolute Gasteiger partial charge is 0.511 e. The van der Waals surface area contributed by atoms with Crippen LogP contribution in [0, 0.1) is 13.8 Å². The van der Waals surface area contributed by atoms with Crippen molar-refractivity contribution in [1.29, 1.82) is 0 Å². The smallest absolute Gasteiger partial charge is 0.308 e. The molecule has 0 saturated carbocycles. The summed E-state index contributed by atoms with van der Waals surface area (Å²) < 4.78 is 5.17. The number of rotatable bonds is 6. The molecule has 27 heavy (non-hydrogen) atoms. The third-order valence-electron chi connectivity index (χ3n) is 4.60. The Morgan fingerprint density at radius 3 is 2.33 bits per heavy atom. The lowest BCUT2D eigenvalue weighted by Crippen LogP contribution is -2.24. The number of aliphatic hydroxyl groups excluding tert-OH is 1. The lowest BCUT2D eigenvalue weighted by atomic mass is 9.78. The lowest BCUT2D eigenvalue weighted by molar-refractivity contribution is -0.131. The van der Waals surface area contributed by atoms with Crippen LogP contribution in [0.25, 0.3) is 0 Å². The number of ketones is 1. The van der Waals surface area contributed by atoms with Gasteiger partial charge in [0.2, 0.25) is 0 Å². The van der Waals surface area contributed by atoms with Crippen LogP contribution in [0.5, 0.6) is 5.75 Å². The van der Waals surface area contributed by atoms with E-state index >= 15 is 0 Å². The van der Waals surface area contributed by atoms with E-state index in [1.165, 1.54) is 6.92 Å². The van der Waals surface area contributed by atoms with Gasteiger partial charge in [-0.1, -0.05) is 12.1 Å². The number of oxime groups is 1. The van der Waals surface area contributed by atoms with E-state index in [-0.39, 0.29) is 29.0 Å². The second-order valence-corrected chi connectivity index (χ2v) is 6.72. The molecule has 1 aliphatic carbocycles. The van der Waals surface area contributed by atoms with E-state index in [0.717, 1.165) is 16.7 Å². The van der Waals surface area contributed by atoms with Gasteiger partial charge in [0.15, 0.2) is 5.78 Å². The average Bonchev–Trinajstić information content (AvgIpc) is 2.56. The number of hydrogen-bond acceptors (Lipinski definition) is 6. The minimum atomic E-state index is -0.375. The van der Waals surface area contributed by atoms with Crippen molar-refractivity contribution in [3.8, 4) is 5.75 Å². The Balaban J connectivity index is 2.36. The van der Waals surface area contributed by atoms with E-state index in [0.29, 0.717) is 37.3 Å². The molecule has 0 saturated heterocycles. The summed E-state index contributed by atoms with van der Waals surface area (Å²) in [5, 5.41) is 14.6. The summed E-state index contributed by atoms with van der Waals surface area (Å²) in [4.78, 5) is 29.0. The second-order valence-electron chi connectivity index (χ2n) is 6.72. The Labute approximate surface area is 159 Å². The topological polar surface area (TPSA) is 85.2 Å². The molecule has 0 amide bonds. The summed E-state index contributed by atoms with van der Waals surface area (Å²) in [7, 11) is 0. The molecule has 146 valence electrons. The van der Waals surface area contributed by atoms with E-state index in [1.807, 2.05) is 27.7 Å². The fourth-order valence-corrected chi connectivity index (χ4v) is 3.66. The van der Waals surface area contributed by atoms with Gasteiger partial charge in [-0.25, -0.2) is 0 Å². The van der Waals surface area contributed by atoms with Gasteiger partial charge in [0.05, 0.1) is 11.3 Å². The highest BCUT2D eigenvalue weighted by atomic mass is 16.6. The van der Waals surface area contributed by atoms with Gasteiger partial charge in [-0.15, -0.1) is 0 Å². The maximum atomic E-state index is 12.8. The Bertz CT molecular complexity index is 784. The van der Waals surface area contributed by atoms with Crippen molar-refractivity contribution >= 4 is 17.5 Å². The molecular weight excluding hydrogens is 346 g/mol. The molecule has 6 nitrogen and oxygen atoms in total. The molecule has 0 spiro atoms. The molecule has 6 heteroatoms. The first kappa shape index (κ1) is 20.7. The van der Waals surface area contributed by atoms with Crippen LogP contribution in [-0.2, 0) is 14.4 Å². The van der Waals surface area contributed by atoms with Crippen LogP contribution < -0.4 is 4.74 Å². The molecule has 1 N–H and O–H groups in total. The summed E-state index contributed by atoms with van der Waals surface area (Å²) >= 11 is 0. The zero-order valence-corrected chi connectivity index (χ0v) is 16.6. The van der Waals surface area contributed by atoms with Gasteiger partial charge in [-0.3, -0.25) is 9.59 Å². The van der Waals surface area contributed by atoms with Crippen molar-refractivity contribution in [2.75, 3.05) is 6.61 Å². The van der Waals surface area contributed by atoms with Crippen LogP contribution in [0.1, 0.15) is 62.6 Å². The van der Waals surface area contributed by atoms with Gasteiger partial charge in [0.1, 0.15) is 18.1 Å². The quantitative estimate of drug-likeness (QED) is 0.348. The highest BCUT2D eigenvalue weighted by Crippen LogP contribution is 2.38. The first-order valence-corrected chi connectivity index (χ1v) is 9.22. The maximum absolute atomic E-state index is 12.8. The molecular formula is C21H27NO5. The Morgan fingerprint density at radius 1 is 1.22 bits per heavy atom. The van der Waals surface area contributed by atoms with Gasteiger partial charge >= 0.3 is 5.97 Å². The molecule has 1 atom stereocenters. The highest BCUT2D eigenvalue weighted by Gasteiger charge is 2.32. The Kier molecular flexibility index (Phi) is 6.77. The van der Waals surface area contributed by atoms with Crippen molar-refractivity contribution in [2.45, 2.75) is 59.8 Å². The second kappa shape index (κ2) is 8.84. The van der Waals surface area contributed by atoms with Crippen LogP contribution in [-0.4, -0.2) is 29.2 Å². The summed E-state index contributed by atoms with van der Waals surface area (Å²) in [6, 6.07) is 3.58. The molecule has 0 heterocycles. The monoisotopic (exact) mass is 373 g/mol. The molecule has 0 fully saturated rings. The number of carbonyl (C=O) groups is 2. The zero-order chi connectivity index (χ0) is 20.1. The van der Waals surface area contributed by atoms with Crippen molar-refractivity contribution in [2.24, 2.45) is 5.16 Å². The minimum absolute atomic E-state index is 0.0550. The van der Waals surface area contributed by atoms with Crippen LogP contribution in [0.3, 0.4) is 0 Å². The third-order valence-corrected chi connectivity index (χ3v) is 4.60. The van der Waals surface area contributed by atoms with E-state index in [9.17, 15) is 14.7 Å². The molecule has 2 rings (SSSR count). The predicted octanol–water partition coefficient (Wildman–Crippen LogP) is 4.29. The summed E-state index contributed by atoms with van der Waals surface area (Å²) in [6.45, 7) is 9.29. The van der Waals surface area contributed by atoms with E-state index in [4.69, 9.17) is 9.57 Å². The fraction of sp³-hybridized carbons (Fsp3) is 0.476. The van der Waals surface area contributed by atoms with E-state index in [1.54, 1.807) is 12.1 Å². The maximum Gasteiger partial charge on any atom is 0.308 e. The summed E-state index contributed by atoms with van der Waals surface area (Å²) in [5.74, 6) is -0.0922. The molecule has 1 aliphatic rings. The molecule has 1 unspecified atom stereocenters. The summed E-state index contributed by atoms with van der Waals surface area (Å²) in [5.41, 5.74) is 3.63. The van der Waals surface area contributed by atoms with E-state index in [2.05, 4.69) is 5.16 Å². The van der Waals surface area contributed by atoms with Crippen LogP contribution in [0.4, 0.5) is 0 Å². The molecule has 0 bridgehead atoms. The molecule has 0 aliphatic heterocycles. The molecule has 0 radical (unpaired) electrons. The van der Waals surface area contributed by atoms with Crippen molar-refractivity contribution in [3.63, 3.8) is 0 Å². The lowest BCUT2D eigenvalue weighted by Gasteiger charge is -2.27. The first-order chi connectivity index (χ1) is 12.8. The van der Waals surface area contributed by atoms with Crippen LogP contribution in [0.2, 0.25) is 0 Å². The van der Waals surface area contributed by atoms with Gasteiger partial charge < -0.3 is 14.7 Å². The minimum Gasteiger partial charge on any atom is -0.511 e. The Hall–Kier alpha value is -2.63. The molecule has 1 aromatic rings. The van der Waals surface area contributed by atoms with Crippen LogP contribution >= 0.6 is 0 Å². The SMILES string of the molecule is CCO/N=C(/CC)C1=C(O)CC(c2c(C)cc(OC(C)=O)cc2C)CC1=O. The number of hydrogen-bond donors (Lipinski definition) is 1. The number of aliphatic hydroxyl groups is 1. The van der Waals surface area contributed by atoms with Crippen molar-refractivity contribution in [1.82, 2.24) is 0 Å². The van der Waals surface area contributed by atoms with E-state index < -0.39 is 0 Å². The standard InChI is InChI=1S/C21H27NO5/c1-6-17(22-26-7-2)21-18(24)10-15(11-19(21)25)20-12(3)8-16(9-13(20)4)27-14(5)23/h8-9,15,24H,6-7,10-11H2,1-5H3/b22-17-. The van der Waals surface area contributed by atoms with Crippen LogP contribution in [0.15, 0.2) is 28.6 Å². The zero-order valence-electron chi connectivity index (χ0n) is 16.6. The van der Waals surface area contributed by atoms with Gasteiger partial charge in [0.25, 0.3) is 0 Å². The number of nitrogens with zero attached hydrogens (tertiary/aromatic N) is 1. The number of allylic oxidation sites excluding steroid dienone is 2. The average molecular weight is 373 g/mol. The predicted molar refractivity (Wildman–Crippen MR) is 103 cm³/mol. The normalized spacial score (nSPS) is 17.9. The number of esters is 1. The molecule has 0 aromatic heterocycles. The van der Waals surface area contributed by atoms with Crippen molar-refractivity contribution in [3.05, 3.63) is 40.2 Å². The van der Waals surface area contributed by atoms with Gasteiger partial charge in [0, 0.05) is 19.8 Å². The summed E-state index contributed by atoms with van der Waals surface area (Å²) in [6.07, 6.45) is 1.16. The number of Topliss-reactive ketones (excluding diaryl/α,β-unsaturated/α-hetero) is 1. The Morgan fingerprint density at radius 2 is 1.85 bits per heavy atom. The van der Waals surface area contributed by atoms with Crippen molar-refractivity contribution < 1.29 is 24.3 Å².